The van der Waals surface area contributed by atoms with Gasteiger partial charge in [0, 0.05) is 16.2 Å². The zero-order valence-electron chi connectivity index (χ0n) is 17.0. The van der Waals surface area contributed by atoms with E-state index in [9.17, 15) is 24.8 Å². The third-order valence-corrected chi connectivity index (χ3v) is 6.88. The van der Waals surface area contributed by atoms with E-state index in [0.29, 0.717) is 12.0 Å². The number of rotatable bonds is 5. The summed E-state index contributed by atoms with van der Waals surface area (Å²) < 4.78 is 18.9. The zero-order chi connectivity index (χ0) is 22.1. The van der Waals surface area contributed by atoms with Crippen LogP contribution in [-0.2, 0) is 11.2 Å². The number of benzene rings is 2. The van der Waals surface area contributed by atoms with Crippen molar-refractivity contribution in [3.05, 3.63) is 82.0 Å². The Labute approximate surface area is 184 Å². The highest BCUT2D eigenvalue weighted by Crippen LogP contribution is 2.35. The van der Waals surface area contributed by atoms with Gasteiger partial charge in [0.25, 0.3) is 0 Å². The normalized spacial score (nSPS) is 26.2. The van der Waals surface area contributed by atoms with Crippen LogP contribution in [0.2, 0.25) is 0 Å². The lowest BCUT2D eigenvalue weighted by Crippen LogP contribution is -2.55. The molecule has 0 unspecified atom stereocenters. The monoisotopic (exact) mass is 450 g/mol. The molecule has 1 aliphatic heterocycles. The minimum atomic E-state index is -1.41. The average molecular weight is 450 g/mol. The zero-order valence-corrected chi connectivity index (χ0v) is 17.8. The van der Waals surface area contributed by atoms with Gasteiger partial charge in [-0.2, -0.15) is 0 Å². The fourth-order valence-electron chi connectivity index (χ4n) is 3.87. The summed E-state index contributed by atoms with van der Waals surface area (Å²) in [5.41, 5.74) is 3.75. The third kappa shape index (κ3) is 4.57. The van der Waals surface area contributed by atoms with Gasteiger partial charge in [-0.05, 0) is 53.4 Å². The molecule has 2 heterocycles. The van der Waals surface area contributed by atoms with Crippen LogP contribution in [0, 0.1) is 12.7 Å². The molecule has 0 aliphatic carbocycles. The molecule has 1 fully saturated rings. The lowest BCUT2D eigenvalue weighted by molar-refractivity contribution is -0.231. The van der Waals surface area contributed by atoms with E-state index < -0.39 is 37.1 Å². The van der Waals surface area contributed by atoms with Gasteiger partial charge in [0.05, 0.1) is 6.61 Å². The molecule has 1 aliphatic rings. The minimum absolute atomic E-state index is 0.263. The quantitative estimate of drug-likeness (QED) is 0.480. The summed E-state index contributed by atoms with van der Waals surface area (Å²) in [6, 6.07) is 16.2. The predicted molar refractivity (Wildman–Crippen MR) is 116 cm³/mol. The molecule has 1 aromatic heterocycles. The Hall–Kier alpha value is -2.13. The second kappa shape index (κ2) is 9.16. The molecule has 0 radical (unpaired) electrons. The highest BCUT2D eigenvalue weighted by molar-refractivity contribution is 7.15. The van der Waals surface area contributed by atoms with Crippen LogP contribution in [0.25, 0.3) is 10.4 Å². The van der Waals surface area contributed by atoms with Crippen LogP contribution in [0.1, 0.15) is 27.7 Å². The standard InChI is InChI=1S/C24H25FO5S/c1-13-2-3-15(24-23(29)22(28)21(27)19(12-26)30-24)10-16(13)11-18-8-9-20(31-18)14-4-6-17(25)7-5-14/h2-10,19,21-24,26-29H,11-12H2,1H3/t19-,21-,22+,23-,24+/m1/s1/i4+1,5+1,6+1,7+1,14+1,17+1. The van der Waals surface area contributed by atoms with E-state index in [4.69, 9.17) is 4.74 Å². The molecule has 2 aromatic carbocycles. The van der Waals surface area contributed by atoms with Gasteiger partial charge in [0.1, 0.15) is 36.3 Å². The fourth-order valence-corrected chi connectivity index (χ4v) is 4.90. The maximum Gasteiger partial charge on any atom is 0.123 e. The highest BCUT2D eigenvalue weighted by Gasteiger charge is 2.43. The van der Waals surface area contributed by atoms with Crippen molar-refractivity contribution in [1.82, 2.24) is 0 Å². The van der Waals surface area contributed by atoms with Crippen LogP contribution in [0.15, 0.2) is 54.6 Å². The van der Waals surface area contributed by atoms with Crippen LogP contribution < -0.4 is 0 Å². The summed E-state index contributed by atoms with van der Waals surface area (Å²) in [4.78, 5) is 2.19. The van der Waals surface area contributed by atoms with Crippen LogP contribution in [0.5, 0.6) is 0 Å². The van der Waals surface area contributed by atoms with E-state index in [-0.39, 0.29) is 5.82 Å². The van der Waals surface area contributed by atoms with Gasteiger partial charge in [0.15, 0.2) is 0 Å². The van der Waals surface area contributed by atoms with Crippen molar-refractivity contribution in [1.29, 1.82) is 0 Å². The van der Waals surface area contributed by atoms with Crippen molar-refractivity contribution in [2.75, 3.05) is 6.61 Å². The molecule has 0 bridgehead atoms. The number of aryl methyl sites for hydroxylation is 1. The van der Waals surface area contributed by atoms with Gasteiger partial charge in [-0.15, -0.1) is 11.3 Å². The summed E-state index contributed by atoms with van der Waals surface area (Å²) in [5.74, 6) is -0.263. The van der Waals surface area contributed by atoms with E-state index in [0.717, 1.165) is 26.4 Å². The minimum Gasteiger partial charge on any atom is -0.394 e. The molecule has 164 valence electrons. The number of aliphatic hydroxyl groups excluding tert-OH is 4. The molecule has 7 heteroatoms. The van der Waals surface area contributed by atoms with Crippen LogP contribution in [0.4, 0.5) is 4.39 Å². The molecule has 1 saturated heterocycles. The summed E-state index contributed by atoms with van der Waals surface area (Å²) in [7, 11) is 0. The Kier molecular flexibility index (Phi) is 6.52. The number of hydrogen-bond donors (Lipinski definition) is 4. The van der Waals surface area contributed by atoms with Gasteiger partial charge < -0.3 is 25.2 Å². The molecule has 0 amide bonds. The lowest BCUT2D eigenvalue weighted by atomic mass is 9.89. The first-order valence-corrected chi connectivity index (χ1v) is 10.9. The summed E-state index contributed by atoms with van der Waals surface area (Å²) >= 11 is 1.63. The second-order valence-electron chi connectivity index (χ2n) is 7.89. The van der Waals surface area contributed by atoms with Crippen LogP contribution in [0.3, 0.4) is 0 Å². The van der Waals surface area contributed by atoms with Crippen LogP contribution >= 0.6 is 11.3 Å². The number of aliphatic hydroxyl groups is 4. The molecule has 3 aromatic rings. The molecular formula is C24H25FO5S. The number of thiophene rings is 1. The predicted octanol–water partition coefficient (Wildman–Crippen LogP) is 2.97. The lowest BCUT2D eigenvalue weighted by Gasteiger charge is -2.40. The Morgan fingerprint density at radius 2 is 1.68 bits per heavy atom. The molecule has 31 heavy (non-hydrogen) atoms. The van der Waals surface area contributed by atoms with E-state index in [1.165, 1.54) is 12.1 Å². The molecule has 4 N–H and O–H groups in total. The van der Waals surface area contributed by atoms with Crippen molar-refractivity contribution >= 4 is 11.3 Å². The molecule has 5 nitrogen and oxygen atoms in total. The molecule has 5 atom stereocenters. The summed E-state index contributed by atoms with van der Waals surface area (Å²) in [5, 5.41) is 40.0. The SMILES string of the molecule is Cc1ccc([C@@H]2O[C@H](CO)[C@@H](O)[C@H](O)[C@H]2O)cc1Cc1ccc(-[13c]2[13cH][13cH][13c](F)[13cH][13cH]2)s1. The molecule has 4 rings (SSSR count). The Morgan fingerprint density at radius 3 is 2.39 bits per heavy atom. The number of hydrogen-bond acceptors (Lipinski definition) is 6. The van der Waals surface area contributed by atoms with E-state index >= 15 is 0 Å². The summed E-state index contributed by atoms with van der Waals surface area (Å²) in [6.45, 7) is 1.54. The van der Waals surface area contributed by atoms with E-state index in [1.54, 1.807) is 23.5 Å². The van der Waals surface area contributed by atoms with Crippen molar-refractivity contribution < 1.29 is 29.6 Å². The smallest absolute Gasteiger partial charge is 0.123 e. The number of halogens is 1. The average Bonchev–Trinajstić information content (AvgIpc) is 3.23. The van der Waals surface area contributed by atoms with Crippen LogP contribution in [-0.4, -0.2) is 51.4 Å². The van der Waals surface area contributed by atoms with Gasteiger partial charge in [-0.25, -0.2) is 4.39 Å². The maximum atomic E-state index is 13.2. The molecule has 0 spiro atoms. The van der Waals surface area contributed by atoms with Gasteiger partial charge >= 0.3 is 0 Å². The van der Waals surface area contributed by atoms with Gasteiger partial charge in [-0.3, -0.25) is 0 Å². The molecular weight excluding hydrogens is 425 g/mol. The third-order valence-electron chi connectivity index (χ3n) is 5.75. The first-order valence-electron chi connectivity index (χ1n) is 10.1. The number of ether oxygens (including phenoxy) is 1. The molecule has 0 saturated carbocycles. The van der Waals surface area contributed by atoms with Gasteiger partial charge in [-0.1, -0.05) is 30.3 Å². The largest absolute Gasteiger partial charge is 0.394 e. The summed E-state index contributed by atoms with van der Waals surface area (Å²) in [6.07, 6.45) is -5.21. The second-order valence-corrected chi connectivity index (χ2v) is 9.05. The Bertz CT molecular complexity index is 1030. The van der Waals surface area contributed by atoms with Crippen molar-refractivity contribution in [3.8, 4) is 10.4 Å². The van der Waals surface area contributed by atoms with Crippen molar-refractivity contribution in [2.24, 2.45) is 0 Å². The van der Waals surface area contributed by atoms with Gasteiger partial charge in [0.2, 0.25) is 0 Å². The van der Waals surface area contributed by atoms with E-state index in [1.807, 2.05) is 37.3 Å². The maximum absolute atomic E-state index is 13.2. The Morgan fingerprint density at radius 1 is 0.935 bits per heavy atom. The fraction of sp³-hybridized carbons (Fsp3) is 0.333. The Balaban J connectivity index is 1.57. The topological polar surface area (TPSA) is 90.2 Å². The van der Waals surface area contributed by atoms with Crippen molar-refractivity contribution in [2.45, 2.75) is 43.9 Å². The highest BCUT2D eigenvalue weighted by atomic mass is 32.1. The van der Waals surface area contributed by atoms with Crippen molar-refractivity contribution in [3.63, 3.8) is 0 Å². The van der Waals surface area contributed by atoms with E-state index in [2.05, 4.69) is 0 Å². The first-order chi connectivity index (χ1) is 14.9. The first kappa shape index (κ1) is 22.1.